The van der Waals surface area contributed by atoms with E-state index in [4.69, 9.17) is 0 Å². The molecule has 0 amide bonds. The van der Waals surface area contributed by atoms with E-state index in [1.165, 1.54) is 0 Å². The summed E-state index contributed by atoms with van der Waals surface area (Å²) in [5.41, 5.74) is 1.08. The van der Waals surface area contributed by atoms with Crippen LogP contribution in [0.15, 0.2) is 12.4 Å². The number of anilines is 1. The van der Waals surface area contributed by atoms with Gasteiger partial charge in [-0.1, -0.05) is 0 Å². The van der Waals surface area contributed by atoms with Gasteiger partial charge in [-0.15, -0.1) is 0 Å². The standard InChI is InChI=1S/C14H26N4S/c1-11(10-19-6)18(5)13-9-15-12(7-16-13)8-17-14(2,3)4/h7,9,11,17H,8,10H2,1-6H3. The lowest BCUT2D eigenvalue weighted by Gasteiger charge is -2.25. The highest BCUT2D eigenvalue weighted by Crippen LogP contribution is 2.13. The fourth-order valence-corrected chi connectivity index (χ4v) is 2.26. The molecule has 0 aromatic carbocycles. The Hall–Kier alpha value is -0.810. The largest absolute Gasteiger partial charge is 0.355 e. The number of rotatable bonds is 6. The first-order valence-corrected chi connectivity index (χ1v) is 8.00. The van der Waals surface area contributed by atoms with Crippen LogP contribution in [0.4, 0.5) is 5.82 Å². The van der Waals surface area contributed by atoms with Crippen LogP contribution in [0, 0.1) is 0 Å². The van der Waals surface area contributed by atoms with Crippen molar-refractivity contribution in [2.45, 2.75) is 45.8 Å². The summed E-state index contributed by atoms with van der Waals surface area (Å²) in [6, 6.07) is 0.461. The SMILES string of the molecule is CSCC(C)N(C)c1cnc(CNC(C)(C)C)cn1. The lowest BCUT2D eigenvalue weighted by molar-refractivity contribution is 0.421. The van der Waals surface area contributed by atoms with Crippen molar-refractivity contribution in [3.63, 3.8) is 0 Å². The van der Waals surface area contributed by atoms with E-state index in [1.807, 2.05) is 24.2 Å². The molecule has 5 heteroatoms. The summed E-state index contributed by atoms with van der Waals surface area (Å²) >= 11 is 1.85. The molecule has 0 fully saturated rings. The fraction of sp³-hybridized carbons (Fsp3) is 0.714. The molecule has 0 radical (unpaired) electrons. The van der Waals surface area contributed by atoms with Crippen LogP contribution in [0.25, 0.3) is 0 Å². The summed E-state index contributed by atoms with van der Waals surface area (Å²) < 4.78 is 0. The molecule has 4 nitrogen and oxygen atoms in total. The lowest BCUT2D eigenvalue weighted by Crippen LogP contribution is -2.35. The van der Waals surface area contributed by atoms with Gasteiger partial charge in [0.1, 0.15) is 5.82 Å². The Bertz CT molecular complexity index is 372. The maximum absolute atomic E-state index is 4.50. The molecular formula is C14H26N4S. The second-order valence-electron chi connectivity index (χ2n) is 5.88. The van der Waals surface area contributed by atoms with Gasteiger partial charge in [0.15, 0.2) is 0 Å². The molecule has 1 N–H and O–H groups in total. The van der Waals surface area contributed by atoms with Crippen LogP contribution in [0.1, 0.15) is 33.4 Å². The zero-order valence-corrected chi connectivity index (χ0v) is 13.7. The monoisotopic (exact) mass is 282 g/mol. The average Bonchev–Trinajstić information content (AvgIpc) is 2.35. The number of nitrogens with one attached hydrogen (secondary N) is 1. The number of aromatic nitrogens is 2. The molecule has 1 rings (SSSR count). The number of hydrogen-bond donors (Lipinski definition) is 1. The molecule has 1 aromatic rings. The van der Waals surface area contributed by atoms with E-state index in [2.05, 4.69) is 61.2 Å². The zero-order chi connectivity index (χ0) is 14.5. The number of hydrogen-bond acceptors (Lipinski definition) is 5. The predicted octanol–water partition coefficient (Wildman–Crippen LogP) is 2.55. The first-order chi connectivity index (χ1) is 8.83. The molecule has 19 heavy (non-hydrogen) atoms. The third kappa shape index (κ3) is 5.78. The molecule has 1 heterocycles. The van der Waals surface area contributed by atoms with Crippen molar-refractivity contribution in [2.24, 2.45) is 0 Å². The fourth-order valence-electron chi connectivity index (χ4n) is 1.56. The summed E-state index contributed by atoms with van der Waals surface area (Å²) in [7, 11) is 2.07. The van der Waals surface area contributed by atoms with E-state index >= 15 is 0 Å². The van der Waals surface area contributed by atoms with E-state index in [0.29, 0.717) is 6.04 Å². The third-order valence-corrected chi connectivity index (χ3v) is 3.74. The second kappa shape index (κ2) is 7.10. The Balaban J connectivity index is 2.60. The highest BCUT2D eigenvalue weighted by Gasteiger charge is 2.12. The minimum atomic E-state index is 0.101. The van der Waals surface area contributed by atoms with Crippen LogP contribution in [-0.4, -0.2) is 40.6 Å². The highest BCUT2D eigenvalue weighted by atomic mass is 32.2. The maximum Gasteiger partial charge on any atom is 0.147 e. The molecular weight excluding hydrogens is 256 g/mol. The van der Waals surface area contributed by atoms with Crippen molar-refractivity contribution in [2.75, 3.05) is 24.0 Å². The Morgan fingerprint density at radius 3 is 2.47 bits per heavy atom. The topological polar surface area (TPSA) is 41.1 Å². The molecule has 0 aliphatic rings. The first kappa shape index (κ1) is 16.2. The normalized spacial score (nSPS) is 13.4. The summed E-state index contributed by atoms with van der Waals surface area (Å²) in [6.07, 6.45) is 5.84. The van der Waals surface area contributed by atoms with Gasteiger partial charge in [-0.25, -0.2) is 4.98 Å². The van der Waals surface area contributed by atoms with Crippen LogP contribution in [0.2, 0.25) is 0 Å². The Labute approximate surface area is 121 Å². The van der Waals surface area contributed by atoms with Gasteiger partial charge in [-0.3, -0.25) is 4.98 Å². The first-order valence-electron chi connectivity index (χ1n) is 6.61. The third-order valence-electron chi connectivity index (χ3n) is 2.92. The molecule has 1 unspecified atom stereocenters. The van der Waals surface area contributed by atoms with Gasteiger partial charge in [0.25, 0.3) is 0 Å². The minimum Gasteiger partial charge on any atom is -0.355 e. The predicted molar refractivity (Wildman–Crippen MR) is 84.9 cm³/mol. The van der Waals surface area contributed by atoms with Crippen molar-refractivity contribution in [1.29, 1.82) is 0 Å². The van der Waals surface area contributed by atoms with Gasteiger partial charge in [0.05, 0.1) is 18.1 Å². The van der Waals surface area contributed by atoms with Crippen molar-refractivity contribution >= 4 is 17.6 Å². The maximum atomic E-state index is 4.50. The van der Waals surface area contributed by atoms with E-state index in [-0.39, 0.29) is 5.54 Å². The molecule has 1 atom stereocenters. The van der Waals surface area contributed by atoms with Crippen molar-refractivity contribution in [1.82, 2.24) is 15.3 Å². The molecule has 1 aromatic heterocycles. The van der Waals surface area contributed by atoms with Crippen molar-refractivity contribution < 1.29 is 0 Å². The van der Waals surface area contributed by atoms with E-state index in [9.17, 15) is 0 Å². The molecule has 0 saturated heterocycles. The highest BCUT2D eigenvalue weighted by molar-refractivity contribution is 7.98. The molecule has 0 saturated carbocycles. The van der Waals surface area contributed by atoms with Gasteiger partial charge in [0.2, 0.25) is 0 Å². The van der Waals surface area contributed by atoms with Crippen LogP contribution in [-0.2, 0) is 6.54 Å². The van der Waals surface area contributed by atoms with Crippen LogP contribution >= 0.6 is 11.8 Å². The minimum absolute atomic E-state index is 0.101. The molecule has 108 valence electrons. The molecule has 0 aliphatic heterocycles. The Morgan fingerprint density at radius 1 is 1.32 bits per heavy atom. The summed E-state index contributed by atoms with van der Waals surface area (Å²) in [5, 5.41) is 3.41. The van der Waals surface area contributed by atoms with Crippen molar-refractivity contribution in [3.05, 3.63) is 18.1 Å². The lowest BCUT2D eigenvalue weighted by atomic mass is 10.1. The van der Waals surface area contributed by atoms with Gasteiger partial charge < -0.3 is 10.2 Å². The van der Waals surface area contributed by atoms with Gasteiger partial charge >= 0.3 is 0 Å². The summed E-state index contributed by atoms with van der Waals surface area (Å²) in [6.45, 7) is 9.39. The average molecular weight is 282 g/mol. The van der Waals surface area contributed by atoms with Crippen molar-refractivity contribution in [3.8, 4) is 0 Å². The van der Waals surface area contributed by atoms with E-state index in [0.717, 1.165) is 23.8 Å². The quantitative estimate of drug-likeness (QED) is 0.868. The molecule has 0 spiro atoms. The van der Waals surface area contributed by atoms with Crippen LogP contribution < -0.4 is 10.2 Å². The summed E-state index contributed by atoms with van der Waals surface area (Å²) in [5.74, 6) is 2.02. The van der Waals surface area contributed by atoms with Gasteiger partial charge in [0, 0.05) is 30.9 Å². The molecule has 0 bridgehead atoms. The van der Waals surface area contributed by atoms with E-state index in [1.54, 1.807) is 0 Å². The van der Waals surface area contributed by atoms with E-state index < -0.39 is 0 Å². The number of thioether (sulfide) groups is 1. The van der Waals surface area contributed by atoms with Gasteiger partial charge in [-0.05, 0) is 34.0 Å². The Morgan fingerprint density at radius 2 is 2.00 bits per heavy atom. The van der Waals surface area contributed by atoms with Crippen LogP contribution in [0.3, 0.4) is 0 Å². The summed E-state index contributed by atoms with van der Waals surface area (Å²) in [4.78, 5) is 11.1. The number of nitrogens with zero attached hydrogens (tertiary/aromatic N) is 3. The van der Waals surface area contributed by atoms with Gasteiger partial charge in [-0.2, -0.15) is 11.8 Å². The van der Waals surface area contributed by atoms with Crippen LogP contribution in [0.5, 0.6) is 0 Å². The zero-order valence-electron chi connectivity index (χ0n) is 12.9. The Kier molecular flexibility index (Phi) is 6.07. The smallest absolute Gasteiger partial charge is 0.147 e. The second-order valence-corrected chi connectivity index (χ2v) is 6.80. The molecule has 0 aliphatic carbocycles.